The maximum Gasteiger partial charge on any atom is 0.509 e. The van der Waals surface area contributed by atoms with E-state index in [0.29, 0.717) is 0 Å². The summed E-state index contributed by atoms with van der Waals surface area (Å²) in [5.41, 5.74) is 4.71. The summed E-state index contributed by atoms with van der Waals surface area (Å²) < 4.78 is 11.1. The predicted octanol–water partition coefficient (Wildman–Crippen LogP) is 3.36. The second-order valence-electron chi connectivity index (χ2n) is 6.23. The van der Waals surface area contributed by atoms with Crippen LogP contribution in [0.25, 0.3) is 0 Å². The molecule has 1 heterocycles. The summed E-state index contributed by atoms with van der Waals surface area (Å²) in [4.78, 5) is 11.7. The number of rotatable bonds is 0. The Morgan fingerprint density at radius 3 is 2.10 bits per heavy atom. The van der Waals surface area contributed by atoms with Gasteiger partial charge in [0.1, 0.15) is 0 Å². The standard InChI is InChI=1S/C18H14O3/c1-18-12-8-4-2-6-10(12)14(11-7-3-5-9-13(11)18)15-16(18)21-17(19)20-15/h2-9,14-16H,1H3/t14-,15-,16-,18-/m0/s1. The van der Waals surface area contributed by atoms with Gasteiger partial charge in [-0.15, -0.1) is 0 Å². The van der Waals surface area contributed by atoms with E-state index in [1.807, 2.05) is 0 Å². The summed E-state index contributed by atoms with van der Waals surface area (Å²) in [5, 5.41) is 0. The van der Waals surface area contributed by atoms with Crippen LogP contribution in [-0.2, 0) is 14.9 Å². The fourth-order valence-corrected chi connectivity index (χ4v) is 4.52. The van der Waals surface area contributed by atoms with E-state index in [0.717, 1.165) is 0 Å². The molecule has 1 saturated heterocycles. The highest BCUT2D eigenvalue weighted by molar-refractivity contribution is 5.69. The molecule has 0 spiro atoms. The number of ether oxygens (including phenoxy) is 2. The molecule has 0 aromatic heterocycles. The number of carbonyl (C=O) groups is 1. The van der Waals surface area contributed by atoms with Crippen molar-refractivity contribution in [2.45, 2.75) is 30.5 Å². The lowest BCUT2D eigenvalue weighted by atomic mass is 9.53. The molecule has 1 fully saturated rings. The summed E-state index contributed by atoms with van der Waals surface area (Å²) in [7, 11) is 0. The first-order valence-electron chi connectivity index (χ1n) is 7.27. The molecule has 0 N–H and O–H groups in total. The summed E-state index contributed by atoms with van der Waals surface area (Å²) in [6.45, 7) is 2.17. The van der Waals surface area contributed by atoms with Gasteiger partial charge in [0.05, 0.1) is 11.3 Å². The maximum absolute atomic E-state index is 11.7. The Balaban J connectivity index is 1.89. The molecule has 21 heavy (non-hydrogen) atoms. The quantitative estimate of drug-likeness (QED) is 0.693. The minimum Gasteiger partial charge on any atom is -0.426 e. The second-order valence-corrected chi connectivity index (χ2v) is 6.23. The van der Waals surface area contributed by atoms with E-state index in [1.165, 1.54) is 22.3 Å². The molecule has 2 aromatic rings. The van der Waals surface area contributed by atoms with Crippen LogP contribution in [0.15, 0.2) is 48.5 Å². The average Bonchev–Trinajstić information content (AvgIpc) is 2.91. The number of carbonyl (C=O) groups excluding carboxylic acids is 1. The Labute approximate surface area is 122 Å². The van der Waals surface area contributed by atoms with Gasteiger partial charge in [-0.05, 0) is 29.2 Å². The molecule has 6 rings (SSSR count). The van der Waals surface area contributed by atoms with Crippen molar-refractivity contribution in [1.29, 1.82) is 0 Å². The third-order valence-corrected chi connectivity index (χ3v) is 5.36. The topological polar surface area (TPSA) is 35.5 Å². The SMILES string of the molecule is C[C@]12c3ccccc3[C@@H](c3ccccc31)[C@@H]1OC(=O)O[C@@H]12. The van der Waals surface area contributed by atoms with Crippen molar-refractivity contribution in [1.82, 2.24) is 0 Å². The first-order valence-corrected chi connectivity index (χ1v) is 7.27. The molecule has 1 aliphatic heterocycles. The number of hydrogen-bond donors (Lipinski definition) is 0. The molecule has 104 valence electrons. The van der Waals surface area contributed by atoms with Crippen molar-refractivity contribution in [3.8, 4) is 0 Å². The zero-order valence-electron chi connectivity index (χ0n) is 11.6. The highest BCUT2D eigenvalue weighted by atomic mass is 16.8. The fraction of sp³-hybridized carbons (Fsp3) is 0.278. The van der Waals surface area contributed by atoms with Gasteiger partial charge in [-0.1, -0.05) is 48.5 Å². The van der Waals surface area contributed by atoms with Gasteiger partial charge in [0, 0.05) is 0 Å². The van der Waals surface area contributed by atoms with Crippen LogP contribution in [0.1, 0.15) is 35.1 Å². The van der Waals surface area contributed by atoms with E-state index in [9.17, 15) is 4.79 Å². The van der Waals surface area contributed by atoms with E-state index in [1.54, 1.807) is 0 Å². The molecule has 0 unspecified atom stereocenters. The van der Waals surface area contributed by atoms with Crippen molar-refractivity contribution in [3.63, 3.8) is 0 Å². The minimum absolute atomic E-state index is 0.0793. The Hall–Kier alpha value is -2.29. The third kappa shape index (κ3) is 1.15. The van der Waals surface area contributed by atoms with E-state index in [2.05, 4.69) is 55.5 Å². The van der Waals surface area contributed by atoms with Gasteiger partial charge in [-0.25, -0.2) is 4.79 Å². The molecule has 3 nitrogen and oxygen atoms in total. The summed E-state index contributed by atoms with van der Waals surface area (Å²) in [6, 6.07) is 16.8. The molecule has 2 atom stereocenters. The summed E-state index contributed by atoms with van der Waals surface area (Å²) >= 11 is 0. The highest BCUT2D eigenvalue weighted by Gasteiger charge is 2.62. The Morgan fingerprint density at radius 1 is 0.905 bits per heavy atom. The molecule has 0 amide bonds. The maximum atomic E-state index is 11.7. The van der Waals surface area contributed by atoms with Gasteiger partial charge in [-0.3, -0.25) is 0 Å². The Kier molecular flexibility index (Phi) is 1.88. The Bertz CT molecular complexity index is 732. The van der Waals surface area contributed by atoms with E-state index >= 15 is 0 Å². The monoisotopic (exact) mass is 278 g/mol. The van der Waals surface area contributed by atoms with Crippen molar-refractivity contribution in [2.75, 3.05) is 0 Å². The lowest BCUT2D eigenvalue weighted by molar-refractivity contribution is 0.0625. The van der Waals surface area contributed by atoms with Crippen LogP contribution in [0.5, 0.6) is 0 Å². The molecule has 0 radical (unpaired) electrons. The molecule has 2 aromatic carbocycles. The van der Waals surface area contributed by atoms with Crippen molar-refractivity contribution in [2.24, 2.45) is 0 Å². The van der Waals surface area contributed by atoms with Gasteiger partial charge >= 0.3 is 6.16 Å². The van der Waals surface area contributed by atoms with E-state index in [-0.39, 0.29) is 23.5 Å². The van der Waals surface area contributed by atoms with Crippen molar-refractivity contribution >= 4 is 6.16 Å². The van der Waals surface area contributed by atoms with Gasteiger partial charge in [0.2, 0.25) is 0 Å². The number of hydrogen-bond acceptors (Lipinski definition) is 3. The smallest absolute Gasteiger partial charge is 0.426 e. The van der Waals surface area contributed by atoms with Crippen LogP contribution in [-0.4, -0.2) is 18.4 Å². The average molecular weight is 278 g/mol. The van der Waals surface area contributed by atoms with Gasteiger partial charge in [0.25, 0.3) is 0 Å². The first-order chi connectivity index (χ1) is 10.2. The lowest BCUT2D eigenvalue weighted by Gasteiger charge is -2.51. The number of benzene rings is 2. The first kappa shape index (κ1) is 11.4. The van der Waals surface area contributed by atoms with Crippen LogP contribution in [0.2, 0.25) is 0 Å². The van der Waals surface area contributed by atoms with Crippen LogP contribution in [0, 0.1) is 0 Å². The largest absolute Gasteiger partial charge is 0.509 e. The fourth-order valence-electron chi connectivity index (χ4n) is 4.52. The zero-order chi connectivity index (χ0) is 14.2. The van der Waals surface area contributed by atoms with E-state index in [4.69, 9.17) is 9.47 Å². The zero-order valence-corrected chi connectivity index (χ0v) is 11.6. The van der Waals surface area contributed by atoms with Gasteiger partial charge in [-0.2, -0.15) is 0 Å². The van der Waals surface area contributed by atoms with Crippen LogP contribution >= 0.6 is 0 Å². The summed E-state index contributed by atoms with van der Waals surface area (Å²) in [6.07, 6.45) is -0.992. The van der Waals surface area contributed by atoms with Crippen LogP contribution < -0.4 is 0 Å². The predicted molar refractivity (Wildman–Crippen MR) is 76.3 cm³/mol. The molecular weight excluding hydrogens is 264 g/mol. The van der Waals surface area contributed by atoms with Crippen LogP contribution in [0.3, 0.4) is 0 Å². The Morgan fingerprint density at radius 2 is 1.48 bits per heavy atom. The second kappa shape index (κ2) is 3.48. The van der Waals surface area contributed by atoms with Gasteiger partial charge in [0.15, 0.2) is 12.2 Å². The highest BCUT2D eigenvalue weighted by Crippen LogP contribution is 2.59. The third-order valence-electron chi connectivity index (χ3n) is 5.36. The molecule has 4 aliphatic rings. The molecule has 2 bridgehead atoms. The molecule has 0 saturated carbocycles. The van der Waals surface area contributed by atoms with Gasteiger partial charge < -0.3 is 9.47 Å². The normalized spacial score (nSPS) is 34.5. The molecule has 3 heteroatoms. The van der Waals surface area contributed by atoms with Crippen LogP contribution in [0.4, 0.5) is 4.79 Å². The summed E-state index contributed by atoms with van der Waals surface area (Å²) in [5.74, 6) is 0.0793. The minimum atomic E-state index is -0.540. The molecule has 3 aliphatic carbocycles. The lowest BCUT2D eigenvalue weighted by Crippen LogP contribution is -2.55. The van der Waals surface area contributed by atoms with Crippen molar-refractivity contribution < 1.29 is 14.3 Å². The van der Waals surface area contributed by atoms with Crippen molar-refractivity contribution in [3.05, 3.63) is 70.8 Å². The molecular formula is C18H14O3. The van der Waals surface area contributed by atoms with E-state index < -0.39 is 6.16 Å².